The third-order valence-electron chi connectivity index (χ3n) is 3.00. The third kappa shape index (κ3) is 3.11. The smallest absolute Gasteiger partial charge is 0.363 e. The number of carbonyl (C=O) groups is 1. The first-order chi connectivity index (χ1) is 10.1. The molecule has 0 fully saturated rings. The number of hydrogen-bond acceptors (Lipinski definition) is 5. The van der Waals surface area contributed by atoms with Gasteiger partial charge in [-0.25, -0.2) is 13.2 Å². The SMILES string of the molecule is CO[Si](C)(OC)C(N)C(=O)Oc1c(F)c(F)c(F)c(F)c1F. The second-order valence-corrected chi connectivity index (χ2v) is 7.69. The van der Waals surface area contributed by atoms with E-state index in [9.17, 15) is 26.7 Å². The van der Waals surface area contributed by atoms with Gasteiger partial charge in [0.2, 0.25) is 34.8 Å². The maximum atomic E-state index is 13.4. The monoisotopic (exact) mass is 345 g/mol. The maximum Gasteiger partial charge on any atom is 0.363 e. The molecule has 0 bridgehead atoms. The van der Waals surface area contributed by atoms with Crippen LogP contribution in [0.1, 0.15) is 0 Å². The van der Waals surface area contributed by atoms with Gasteiger partial charge in [0.15, 0.2) is 0 Å². The number of ether oxygens (including phenoxy) is 1. The zero-order chi connectivity index (χ0) is 17.2. The molecule has 0 saturated heterocycles. The Hall–Kier alpha value is -1.56. The summed E-state index contributed by atoms with van der Waals surface area (Å²) in [5, 5.41) is 0. The first-order valence-corrected chi connectivity index (χ1v) is 8.09. The van der Waals surface area contributed by atoms with Gasteiger partial charge in [-0.3, -0.25) is 4.79 Å². The van der Waals surface area contributed by atoms with E-state index in [0.29, 0.717) is 0 Å². The normalized spacial score (nSPS) is 13.1. The summed E-state index contributed by atoms with van der Waals surface area (Å²) in [5.41, 5.74) is 3.92. The summed E-state index contributed by atoms with van der Waals surface area (Å²) in [6.07, 6.45) is 0. The largest absolute Gasteiger partial charge is 0.419 e. The highest BCUT2D eigenvalue weighted by Crippen LogP contribution is 2.29. The van der Waals surface area contributed by atoms with Gasteiger partial charge >= 0.3 is 14.5 Å². The molecule has 11 heteroatoms. The van der Waals surface area contributed by atoms with Gasteiger partial charge in [0.25, 0.3) is 0 Å². The van der Waals surface area contributed by atoms with E-state index in [2.05, 4.69) is 4.74 Å². The molecule has 1 aromatic carbocycles. The molecule has 5 nitrogen and oxygen atoms in total. The molecule has 0 heterocycles. The minimum Gasteiger partial charge on any atom is -0.419 e. The molecule has 0 spiro atoms. The average molecular weight is 345 g/mol. The van der Waals surface area contributed by atoms with E-state index in [1.807, 2.05) is 0 Å². The fraction of sp³-hybridized carbons (Fsp3) is 0.364. The molecular weight excluding hydrogens is 333 g/mol. The lowest BCUT2D eigenvalue weighted by Gasteiger charge is -2.27. The predicted octanol–water partition coefficient (Wildman–Crippen LogP) is 1.52. The fourth-order valence-corrected chi connectivity index (χ4v) is 2.55. The third-order valence-corrected chi connectivity index (χ3v) is 5.99. The van der Waals surface area contributed by atoms with Gasteiger partial charge in [-0.15, -0.1) is 0 Å². The first kappa shape index (κ1) is 18.5. The van der Waals surface area contributed by atoms with Gasteiger partial charge in [0, 0.05) is 14.2 Å². The Morgan fingerprint density at radius 3 is 1.68 bits per heavy atom. The molecule has 1 rings (SSSR count). The van der Waals surface area contributed by atoms with Crippen molar-refractivity contribution in [3.8, 4) is 5.75 Å². The zero-order valence-electron chi connectivity index (χ0n) is 11.7. The molecule has 0 aliphatic rings. The van der Waals surface area contributed by atoms with Gasteiger partial charge in [0.1, 0.15) is 5.67 Å². The number of nitrogens with two attached hydrogens (primary N) is 1. The molecule has 22 heavy (non-hydrogen) atoms. The molecule has 0 aliphatic heterocycles. The molecule has 1 atom stereocenters. The van der Waals surface area contributed by atoms with Crippen molar-refractivity contribution in [3.63, 3.8) is 0 Å². The van der Waals surface area contributed by atoms with Gasteiger partial charge in [-0.05, 0) is 6.55 Å². The summed E-state index contributed by atoms with van der Waals surface area (Å²) in [6, 6.07) is 0. The van der Waals surface area contributed by atoms with Crippen molar-refractivity contribution in [1.82, 2.24) is 0 Å². The number of rotatable bonds is 5. The van der Waals surface area contributed by atoms with Crippen LogP contribution in [0.2, 0.25) is 6.55 Å². The number of esters is 1. The highest BCUT2D eigenvalue weighted by molar-refractivity contribution is 6.71. The summed E-state index contributed by atoms with van der Waals surface area (Å²) >= 11 is 0. The van der Waals surface area contributed by atoms with Gasteiger partial charge in [-0.2, -0.15) is 8.78 Å². The summed E-state index contributed by atoms with van der Waals surface area (Å²) in [6.45, 7) is 1.34. The van der Waals surface area contributed by atoms with Gasteiger partial charge < -0.3 is 19.3 Å². The summed E-state index contributed by atoms with van der Waals surface area (Å²) in [7, 11) is -0.930. The Kier molecular flexibility index (Phi) is 5.62. The van der Waals surface area contributed by atoms with E-state index in [1.165, 1.54) is 20.8 Å². The van der Waals surface area contributed by atoms with Crippen LogP contribution in [0.15, 0.2) is 0 Å². The highest BCUT2D eigenvalue weighted by atomic mass is 28.4. The van der Waals surface area contributed by atoms with E-state index < -0.39 is 55.0 Å². The molecular formula is C11H12F5NO4Si. The van der Waals surface area contributed by atoms with Crippen molar-refractivity contribution in [2.45, 2.75) is 12.2 Å². The van der Waals surface area contributed by atoms with Crippen LogP contribution in [0.3, 0.4) is 0 Å². The van der Waals surface area contributed by atoms with E-state index in [-0.39, 0.29) is 0 Å². The van der Waals surface area contributed by atoms with Crippen LogP contribution in [0.25, 0.3) is 0 Å². The number of benzene rings is 1. The van der Waals surface area contributed by atoms with E-state index >= 15 is 0 Å². The molecule has 0 saturated carbocycles. The number of carbonyl (C=O) groups excluding carboxylic acids is 1. The second-order valence-electron chi connectivity index (χ2n) is 4.22. The van der Waals surface area contributed by atoms with Crippen molar-refractivity contribution < 1.29 is 40.3 Å². The van der Waals surface area contributed by atoms with Crippen LogP contribution in [0.4, 0.5) is 22.0 Å². The van der Waals surface area contributed by atoms with Crippen molar-refractivity contribution in [3.05, 3.63) is 29.1 Å². The van der Waals surface area contributed by atoms with Crippen LogP contribution < -0.4 is 10.5 Å². The number of halogens is 5. The van der Waals surface area contributed by atoms with Crippen LogP contribution in [0.5, 0.6) is 5.75 Å². The zero-order valence-corrected chi connectivity index (χ0v) is 12.7. The van der Waals surface area contributed by atoms with E-state index in [0.717, 1.165) is 0 Å². The molecule has 0 radical (unpaired) electrons. The second kappa shape index (κ2) is 6.69. The quantitative estimate of drug-likeness (QED) is 0.219. The molecule has 0 aromatic heterocycles. The van der Waals surface area contributed by atoms with E-state index in [1.54, 1.807) is 0 Å². The molecule has 1 aromatic rings. The standard InChI is InChI=1S/C11H12F5NO4Si/c1-19-22(3,20-2)10(17)11(18)21-9-7(15)5(13)4(12)6(14)8(9)16/h10H,17H2,1-3H3. The van der Waals surface area contributed by atoms with E-state index in [4.69, 9.17) is 14.6 Å². The molecule has 1 unspecified atom stereocenters. The van der Waals surface area contributed by atoms with Crippen LogP contribution >= 0.6 is 0 Å². The van der Waals surface area contributed by atoms with Crippen LogP contribution in [-0.4, -0.2) is 34.4 Å². The lowest BCUT2D eigenvalue weighted by Crippen LogP contribution is -2.59. The topological polar surface area (TPSA) is 70.8 Å². The lowest BCUT2D eigenvalue weighted by molar-refractivity contribution is -0.135. The maximum absolute atomic E-state index is 13.4. The minimum atomic E-state index is -3.29. The van der Waals surface area contributed by atoms with Crippen molar-refractivity contribution in [2.75, 3.05) is 14.2 Å². The lowest BCUT2D eigenvalue weighted by atomic mass is 10.2. The Labute approximate surface area is 123 Å². The van der Waals surface area contributed by atoms with Crippen molar-refractivity contribution >= 4 is 14.5 Å². The van der Waals surface area contributed by atoms with Gasteiger partial charge in [-0.1, -0.05) is 0 Å². The minimum absolute atomic E-state index is 1.18. The van der Waals surface area contributed by atoms with Crippen molar-refractivity contribution in [1.29, 1.82) is 0 Å². The molecule has 0 amide bonds. The highest BCUT2D eigenvalue weighted by Gasteiger charge is 2.44. The van der Waals surface area contributed by atoms with Crippen molar-refractivity contribution in [2.24, 2.45) is 5.73 Å². The number of hydrogen-bond donors (Lipinski definition) is 1. The fourth-order valence-electron chi connectivity index (χ4n) is 1.39. The Morgan fingerprint density at radius 2 is 1.32 bits per heavy atom. The van der Waals surface area contributed by atoms with Crippen LogP contribution in [0, 0.1) is 29.1 Å². The Balaban J connectivity index is 3.19. The average Bonchev–Trinajstić information content (AvgIpc) is 2.53. The molecule has 124 valence electrons. The predicted molar refractivity (Wildman–Crippen MR) is 65.5 cm³/mol. The first-order valence-electron chi connectivity index (χ1n) is 5.69. The van der Waals surface area contributed by atoms with Gasteiger partial charge in [0.05, 0.1) is 0 Å². The van der Waals surface area contributed by atoms with Crippen LogP contribution in [-0.2, 0) is 13.6 Å². The Bertz CT molecular complexity index is 567. The summed E-state index contributed by atoms with van der Waals surface area (Å²) in [4.78, 5) is 11.7. The molecule has 0 aliphatic carbocycles. The Morgan fingerprint density at radius 1 is 0.955 bits per heavy atom. The summed E-state index contributed by atoms with van der Waals surface area (Å²) in [5.74, 6) is -14.6. The summed E-state index contributed by atoms with van der Waals surface area (Å²) < 4.78 is 79.7. The molecule has 2 N–H and O–H groups in total.